The molecule has 152 valence electrons. The number of nitrogens with zero attached hydrogens (tertiary/aromatic N) is 2. The Kier molecular flexibility index (Phi) is 5.90. The monoisotopic (exact) mass is 419 g/mol. The van der Waals surface area contributed by atoms with Crippen LogP contribution in [0.25, 0.3) is 21.6 Å². The van der Waals surface area contributed by atoms with Gasteiger partial charge in [0.25, 0.3) is 11.5 Å². The highest BCUT2D eigenvalue weighted by molar-refractivity contribution is 7.13. The third-order valence-corrected chi connectivity index (χ3v) is 5.48. The van der Waals surface area contributed by atoms with E-state index in [1.165, 1.54) is 16.0 Å². The zero-order chi connectivity index (χ0) is 20.9. The summed E-state index contributed by atoms with van der Waals surface area (Å²) in [6.45, 7) is 2.75. The zero-order valence-corrected chi connectivity index (χ0v) is 17.3. The van der Waals surface area contributed by atoms with Crippen LogP contribution in [-0.2, 0) is 0 Å². The van der Waals surface area contributed by atoms with Gasteiger partial charge in [-0.25, -0.2) is 4.98 Å². The predicted molar refractivity (Wildman–Crippen MR) is 120 cm³/mol. The number of benzene rings is 2. The van der Waals surface area contributed by atoms with Gasteiger partial charge in [0, 0.05) is 5.56 Å². The molecule has 1 amide bonds. The number of hydrogen-bond acceptors (Lipinski definition) is 5. The van der Waals surface area contributed by atoms with E-state index in [4.69, 9.17) is 4.74 Å². The van der Waals surface area contributed by atoms with Gasteiger partial charge in [-0.3, -0.25) is 15.0 Å². The molecule has 0 unspecified atom stereocenters. The third-order valence-electron chi connectivity index (χ3n) is 4.61. The van der Waals surface area contributed by atoms with Crippen LogP contribution < -0.4 is 15.7 Å². The number of carbonyl (C=O) groups is 1. The Hall–Kier alpha value is -3.45. The molecule has 0 aliphatic rings. The van der Waals surface area contributed by atoms with Gasteiger partial charge in [-0.2, -0.15) is 4.68 Å². The normalized spacial score (nSPS) is 10.8. The van der Waals surface area contributed by atoms with Gasteiger partial charge in [0.2, 0.25) is 0 Å². The number of unbranched alkanes of at least 4 members (excludes halogenated alkanes) is 1. The van der Waals surface area contributed by atoms with Crippen LogP contribution in [0.3, 0.4) is 0 Å². The largest absolute Gasteiger partial charge is 0.494 e. The minimum Gasteiger partial charge on any atom is -0.494 e. The van der Waals surface area contributed by atoms with Gasteiger partial charge >= 0.3 is 0 Å². The smallest absolute Gasteiger partial charge is 0.280 e. The van der Waals surface area contributed by atoms with E-state index in [1.54, 1.807) is 42.5 Å². The summed E-state index contributed by atoms with van der Waals surface area (Å²) in [5.74, 6) is 0.720. The van der Waals surface area contributed by atoms with E-state index >= 15 is 0 Å². The third kappa shape index (κ3) is 4.11. The summed E-state index contributed by atoms with van der Waals surface area (Å²) in [4.78, 5) is 31.4. The maximum absolute atomic E-state index is 13.1. The van der Waals surface area contributed by atoms with Crippen LogP contribution in [0.4, 0.5) is 0 Å². The van der Waals surface area contributed by atoms with E-state index in [9.17, 15) is 9.59 Å². The van der Waals surface area contributed by atoms with E-state index in [-0.39, 0.29) is 5.56 Å². The minimum atomic E-state index is -0.396. The summed E-state index contributed by atoms with van der Waals surface area (Å²) >= 11 is 1.45. The first-order chi connectivity index (χ1) is 14.7. The quantitative estimate of drug-likeness (QED) is 0.441. The number of aromatic nitrogens is 2. The first kappa shape index (κ1) is 19.8. The van der Waals surface area contributed by atoms with Crippen LogP contribution in [0.2, 0.25) is 0 Å². The molecular weight excluding hydrogens is 398 g/mol. The molecule has 2 heterocycles. The maximum Gasteiger partial charge on any atom is 0.280 e. The van der Waals surface area contributed by atoms with E-state index in [1.807, 2.05) is 23.6 Å². The number of rotatable bonds is 7. The van der Waals surface area contributed by atoms with Gasteiger partial charge in [-0.15, -0.1) is 11.3 Å². The highest BCUT2D eigenvalue weighted by atomic mass is 32.1. The molecule has 0 aliphatic heterocycles. The number of carbonyl (C=O) groups excluding carboxylic acids is 1. The zero-order valence-electron chi connectivity index (χ0n) is 16.5. The molecule has 4 aromatic rings. The SMILES string of the molecule is CCCCOc1ccc(C(=O)Nn2c(-c3cccs3)nc3ccccc3c2=O)cc1. The Bertz CT molecular complexity index is 1210. The molecule has 1 N–H and O–H groups in total. The average Bonchev–Trinajstić information content (AvgIpc) is 3.31. The van der Waals surface area contributed by atoms with Crippen LogP contribution >= 0.6 is 11.3 Å². The van der Waals surface area contributed by atoms with Gasteiger partial charge < -0.3 is 4.74 Å². The van der Waals surface area contributed by atoms with Crippen molar-refractivity contribution in [1.82, 2.24) is 9.66 Å². The fraction of sp³-hybridized carbons (Fsp3) is 0.174. The van der Waals surface area contributed by atoms with Crippen molar-refractivity contribution >= 4 is 28.1 Å². The van der Waals surface area contributed by atoms with Crippen molar-refractivity contribution in [3.8, 4) is 16.5 Å². The first-order valence-corrected chi connectivity index (χ1v) is 10.6. The van der Waals surface area contributed by atoms with Crippen molar-refractivity contribution < 1.29 is 9.53 Å². The summed E-state index contributed by atoms with van der Waals surface area (Å²) < 4.78 is 6.86. The lowest BCUT2D eigenvalue weighted by Gasteiger charge is -2.14. The van der Waals surface area contributed by atoms with Crippen LogP contribution in [-0.4, -0.2) is 22.2 Å². The molecule has 0 aliphatic carbocycles. The molecule has 0 radical (unpaired) electrons. The number of para-hydroxylation sites is 1. The van der Waals surface area contributed by atoms with E-state index in [0.29, 0.717) is 34.6 Å². The summed E-state index contributed by atoms with van der Waals surface area (Å²) in [7, 11) is 0. The molecule has 0 bridgehead atoms. The molecule has 0 saturated carbocycles. The fourth-order valence-electron chi connectivity index (χ4n) is 3.01. The fourth-order valence-corrected chi connectivity index (χ4v) is 3.71. The van der Waals surface area contributed by atoms with Gasteiger partial charge in [0.05, 0.1) is 22.4 Å². The Morgan fingerprint density at radius 3 is 2.63 bits per heavy atom. The lowest BCUT2D eigenvalue weighted by atomic mass is 10.2. The van der Waals surface area contributed by atoms with Crippen LogP contribution in [0.15, 0.2) is 70.8 Å². The second kappa shape index (κ2) is 8.92. The van der Waals surface area contributed by atoms with E-state index < -0.39 is 5.91 Å². The molecule has 0 fully saturated rings. The highest BCUT2D eigenvalue weighted by Crippen LogP contribution is 2.23. The first-order valence-electron chi connectivity index (χ1n) is 9.77. The lowest BCUT2D eigenvalue weighted by molar-refractivity contribution is 0.101. The van der Waals surface area contributed by atoms with Crippen molar-refractivity contribution in [2.24, 2.45) is 0 Å². The summed E-state index contributed by atoms with van der Waals surface area (Å²) in [5, 5.41) is 2.35. The van der Waals surface area contributed by atoms with Gasteiger partial charge in [-0.05, 0) is 54.3 Å². The number of hydrogen-bond donors (Lipinski definition) is 1. The molecular formula is C23H21N3O3S. The highest BCUT2D eigenvalue weighted by Gasteiger charge is 2.16. The van der Waals surface area contributed by atoms with Gasteiger partial charge in [0.15, 0.2) is 5.82 Å². The molecule has 0 atom stereocenters. The number of fused-ring (bicyclic) bond motifs is 1. The topological polar surface area (TPSA) is 73.2 Å². The Morgan fingerprint density at radius 2 is 1.90 bits per heavy atom. The minimum absolute atomic E-state index is 0.322. The molecule has 0 spiro atoms. The number of nitrogens with one attached hydrogen (secondary N) is 1. The number of ether oxygens (including phenoxy) is 1. The summed E-state index contributed by atoms with van der Waals surface area (Å²) in [6, 6.07) is 17.7. The number of thiophene rings is 1. The van der Waals surface area contributed by atoms with Gasteiger partial charge in [0.1, 0.15) is 5.75 Å². The lowest BCUT2D eigenvalue weighted by Crippen LogP contribution is -2.35. The van der Waals surface area contributed by atoms with E-state index in [2.05, 4.69) is 17.3 Å². The second-order valence-electron chi connectivity index (χ2n) is 6.74. The van der Waals surface area contributed by atoms with Crippen molar-refractivity contribution in [1.29, 1.82) is 0 Å². The van der Waals surface area contributed by atoms with E-state index in [0.717, 1.165) is 17.7 Å². The summed E-state index contributed by atoms with van der Waals surface area (Å²) in [6.07, 6.45) is 2.03. The van der Waals surface area contributed by atoms with Crippen molar-refractivity contribution in [3.63, 3.8) is 0 Å². The maximum atomic E-state index is 13.1. The molecule has 4 rings (SSSR count). The molecule has 2 aromatic heterocycles. The van der Waals surface area contributed by atoms with Crippen molar-refractivity contribution in [2.45, 2.75) is 19.8 Å². The molecule has 2 aromatic carbocycles. The van der Waals surface area contributed by atoms with Gasteiger partial charge in [-0.1, -0.05) is 31.5 Å². The molecule has 0 saturated heterocycles. The standard InChI is InChI=1S/C23H21N3O3S/c1-2-3-14-29-17-12-10-16(11-13-17)22(27)25-26-21(20-9-6-15-30-20)24-19-8-5-4-7-18(19)23(26)28/h4-13,15H,2-3,14H2,1H3,(H,25,27). The molecule has 30 heavy (non-hydrogen) atoms. The number of amides is 1. The van der Waals surface area contributed by atoms with Crippen LogP contribution in [0.5, 0.6) is 5.75 Å². The van der Waals surface area contributed by atoms with Crippen LogP contribution in [0, 0.1) is 0 Å². The van der Waals surface area contributed by atoms with Crippen molar-refractivity contribution in [2.75, 3.05) is 12.0 Å². The Morgan fingerprint density at radius 1 is 1.10 bits per heavy atom. The van der Waals surface area contributed by atoms with Crippen LogP contribution in [0.1, 0.15) is 30.1 Å². The molecule has 7 heteroatoms. The Balaban J connectivity index is 1.66. The average molecular weight is 420 g/mol. The summed E-state index contributed by atoms with van der Waals surface area (Å²) in [5.41, 5.74) is 3.41. The Labute approximate surface area is 177 Å². The second-order valence-corrected chi connectivity index (χ2v) is 7.69. The predicted octanol–water partition coefficient (Wildman–Crippen LogP) is 4.69. The van der Waals surface area contributed by atoms with Crippen molar-refractivity contribution in [3.05, 3.63) is 82.0 Å². The molecule has 6 nitrogen and oxygen atoms in total.